The SMILES string of the molecule is COCC1=CCN(c2cc(C(=O)O)cc(Cl)n2)CC1. The number of aromatic carboxylic acids is 1. The number of anilines is 1. The highest BCUT2D eigenvalue weighted by Gasteiger charge is 2.16. The van der Waals surface area contributed by atoms with E-state index < -0.39 is 5.97 Å². The van der Waals surface area contributed by atoms with Gasteiger partial charge in [-0.2, -0.15) is 0 Å². The van der Waals surface area contributed by atoms with E-state index in [-0.39, 0.29) is 10.7 Å². The van der Waals surface area contributed by atoms with E-state index in [2.05, 4.69) is 11.1 Å². The summed E-state index contributed by atoms with van der Waals surface area (Å²) < 4.78 is 5.09. The van der Waals surface area contributed by atoms with Crippen molar-refractivity contribution in [1.82, 2.24) is 4.98 Å². The molecule has 1 aliphatic heterocycles. The van der Waals surface area contributed by atoms with Gasteiger partial charge in [0.25, 0.3) is 0 Å². The van der Waals surface area contributed by atoms with E-state index in [1.807, 2.05) is 4.90 Å². The van der Waals surface area contributed by atoms with Crippen molar-refractivity contribution in [3.8, 4) is 0 Å². The van der Waals surface area contributed by atoms with Gasteiger partial charge in [-0.25, -0.2) is 9.78 Å². The Hall–Kier alpha value is -1.59. The monoisotopic (exact) mass is 282 g/mol. The molecule has 1 N–H and O–H groups in total. The molecule has 0 fully saturated rings. The fourth-order valence-electron chi connectivity index (χ4n) is 2.00. The largest absolute Gasteiger partial charge is 0.478 e. The van der Waals surface area contributed by atoms with E-state index in [1.165, 1.54) is 11.6 Å². The molecule has 0 spiro atoms. The van der Waals surface area contributed by atoms with Crippen LogP contribution >= 0.6 is 11.6 Å². The van der Waals surface area contributed by atoms with Crippen LogP contribution in [-0.2, 0) is 4.74 Å². The van der Waals surface area contributed by atoms with E-state index in [1.54, 1.807) is 13.2 Å². The highest BCUT2D eigenvalue weighted by molar-refractivity contribution is 6.29. The highest BCUT2D eigenvalue weighted by Crippen LogP contribution is 2.21. The molecule has 0 unspecified atom stereocenters. The summed E-state index contributed by atoms with van der Waals surface area (Å²) in [5, 5.41) is 9.21. The van der Waals surface area contributed by atoms with Gasteiger partial charge in [-0.15, -0.1) is 0 Å². The lowest BCUT2D eigenvalue weighted by atomic mass is 10.1. The maximum atomic E-state index is 11.0. The van der Waals surface area contributed by atoms with Crippen molar-refractivity contribution in [2.45, 2.75) is 6.42 Å². The fourth-order valence-corrected chi connectivity index (χ4v) is 2.21. The van der Waals surface area contributed by atoms with Crippen LogP contribution in [0.3, 0.4) is 0 Å². The first-order valence-corrected chi connectivity index (χ1v) is 6.30. The van der Waals surface area contributed by atoms with Crippen molar-refractivity contribution >= 4 is 23.4 Å². The topological polar surface area (TPSA) is 62.7 Å². The van der Waals surface area contributed by atoms with E-state index in [0.29, 0.717) is 19.0 Å². The number of rotatable bonds is 4. The zero-order chi connectivity index (χ0) is 13.8. The Kier molecular flexibility index (Phi) is 4.39. The second-order valence-electron chi connectivity index (χ2n) is 4.33. The van der Waals surface area contributed by atoms with Crippen LogP contribution in [0.15, 0.2) is 23.8 Å². The van der Waals surface area contributed by atoms with Gasteiger partial charge < -0.3 is 14.7 Å². The Balaban J connectivity index is 2.17. The Morgan fingerprint density at radius 3 is 2.95 bits per heavy atom. The van der Waals surface area contributed by atoms with Crippen LogP contribution in [-0.4, -0.2) is 42.9 Å². The molecule has 2 rings (SSSR count). The normalized spacial score (nSPS) is 15.3. The second kappa shape index (κ2) is 6.04. The van der Waals surface area contributed by atoms with Crippen LogP contribution in [0.25, 0.3) is 0 Å². The molecule has 6 heteroatoms. The van der Waals surface area contributed by atoms with Gasteiger partial charge >= 0.3 is 5.97 Å². The quantitative estimate of drug-likeness (QED) is 0.678. The average Bonchev–Trinajstić information content (AvgIpc) is 2.39. The van der Waals surface area contributed by atoms with Crippen LogP contribution < -0.4 is 4.90 Å². The molecule has 0 aromatic carbocycles. The maximum absolute atomic E-state index is 11.0. The van der Waals surface area contributed by atoms with Gasteiger partial charge in [-0.3, -0.25) is 0 Å². The van der Waals surface area contributed by atoms with Gasteiger partial charge in [0.15, 0.2) is 0 Å². The van der Waals surface area contributed by atoms with Crippen molar-refractivity contribution < 1.29 is 14.6 Å². The molecule has 0 atom stereocenters. The summed E-state index contributed by atoms with van der Waals surface area (Å²) >= 11 is 5.86. The summed E-state index contributed by atoms with van der Waals surface area (Å²) in [6.45, 7) is 2.10. The first-order chi connectivity index (χ1) is 9.10. The first-order valence-electron chi connectivity index (χ1n) is 5.93. The highest BCUT2D eigenvalue weighted by atomic mass is 35.5. The van der Waals surface area contributed by atoms with Gasteiger partial charge in [-0.05, 0) is 24.1 Å². The predicted molar refractivity (Wildman–Crippen MR) is 73.0 cm³/mol. The molecule has 1 aromatic rings. The molecule has 0 amide bonds. The lowest BCUT2D eigenvalue weighted by Gasteiger charge is -2.27. The number of nitrogens with zero attached hydrogens (tertiary/aromatic N) is 2. The van der Waals surface area contributed by atoms with E-state index in [9.17, 15) is 4.79 Å². The predicted octanol–water partition coefficient (Wildman–Crippen LogP) is 2.22. The number of carboxylic acids is 1. The number of ether oxygens (including phenoxy) is 1. The third-order valence-corrected chi connectivity index (χ3v) is 3.18. The van der Waals surface area contributed by atoms with E-state index >= 15 is 0 Å². The molecule has 1 aliphatic rings. The van der Waals surface area contributed by atoms with Crippen molar-refractivity contribution in [3.63, 3.8) is 0 Å². The van der Waals surface area contributed by atoms with Gasteiger partial charge in [0.05, 0.1) is 12.2 Å². The molecule has 0 saturated carbocycles. The molecule has 2 heterocycles. The lowest BCUT2D eigenvalue weighted by molar-refractivity contribution is 0.0697. The Morgan fingerprint density at radius 2 is 2.37 bits per heavy atom. The molecule has 19 heavy (non-hydrogen) atoms. The summed E-state index contributed by atoms with van der Waals surface area (Å²) in [6, 6.07) is 2.90. The van der Waals surface area contributed by atoms with Crippen LogP contribution in [0.2, 0.25) is 5.15 Å². The van der Waals surface area contributed by atoms with Gasteiger partial charge in [0, 0.05) is 20.2 Å². The van der Waals surface area contributed by atoms with Gasteiger partial charge in [0.1, 0.15) is 11.0 Å². The minimum absolute atomic E-state index is 0.154. The van der Waals surface area contributed by atoms with E-state index in [4.69, 9.17) is 21.4 Å². The van der Waals surface area contributed by atoms with Crippen LogP contribution in [0, 0.1) is 0 Å². The zero-order valence-electron chi connectivity index (χ0n) is 10.6. The number of carbonyl (C=O) groups is 1. The fraction of sp³-hybridized carbons (Fsp3) is 0.385. The third kappa shape index (κ3) is 3.45. The number of carboxylic acid groups (broad SMARTS) is 1. The van der Waals surface area contributed by atoms with Gasteiger partial charge in [-0.1, -0.05) is 17.7 Å². The minimum atomic E-state index is -1.00. The molecule has 102 valence electrons. The van der Waals surface area contributed by atoms with E-state index in [0.717, 1.165) is 13.0 Å². The smallest absolute Gasteiger partial charge is 0.335 e. The van der Waals surface area contributed by atoms with Crippen LogP contribution in [0.5, 0.6) is 0 Å². The second-order valence-corrected chi connectivity index (χ2v) is 4.72. The van der Waals surface area contributed by atoms with Crippen LogP contribution in [0.1, 0.15) is 16.8 Å². The molecule has 0 saturated heterocycles. The third-order valence-electron chi connectivity index (χ3n) is 2.98. The minimum Gasteiger partial charge on any atom is -0.478 e. The molecule has 0 bridgehead atoms. The van der Waals surface area contributed by atoms with Crippen molar-refractivity contribution in [2.75, 3.05) is 31.7 Å². The lowest BCUT2D eigenvalue weighted by Crippen LogP contribution is -2.30. The Bertz CT molecular complexity index is 517. The molecular weight excluding hydrogens is 268 g/mol. The zero-order valence-corrected chi connectivity index (χ0v) is 11.4. The first kappa shape index (κ1) is 13.8. The van der Waals surface area contributed by atoms with Crippen molar-refractivity contribution in [2.24, 2.45) is 0 Å². The standard InChI is InChI=1S/C13H15ClN2O3/c1-19-8-9-2-4-16(5-3-9)12-7-10(13(17)18)6-11(14)15-12/h2,6-7H,3-5,8H2,1H3,(H,17,18). The number of pyridine rings is 1. The maximum Gasteiger partial charge on any atom is 0.335 e. The summed E-state index contributed by atoms with van der Waals surface area (Å²) in [7, 11) is 1.67. The Labute approximate surface area is 116 Å². The summed E-state index contributed by atoms with van der Waals surface area (Å²) in [5.74, 6) is -0.407. The molecule has 0 aliphatic carbocycles. The molecule has 0 radical (unpaired) electrons. The summed E-state index contributed by atoms with van der Waals surface area (Å²) in [6.07, 6.45) is 2.96. The van der Waals surface area contributed by atoms with Gasteiger partial charge in [0.2, 0.25) is 0 Å². The van der Waals surface area contributed by atoms with Crippen molar-refractivity contribution in [3.05, 3.63) is 34.5 Å². The summed E-state index contributed by atoms with van der Waals surface area (Å²) in [4.78, 5) is 17.2. The number of aromatic nitrogens is 1. The number of methoxy groups -OCH3 is 1. The number of hydrogen-bond donors (Lipinski definition) is 1. The molecule has 1 aromatic heterocycles. The van der Waals surface area contributed by atoms with Crippen molar-refractivity contribution in [1.29, 1.82) is 0 Å². The summed E-state index contributed by atoms with van der Waals surface area (Å²) in [5.41, 5.74) is 1.40. The number of halogens is 1. The molecular formula is C13H15ClN2O3. The Morgan fingerprint density at radius 1 is 1.58 bits per heavy atom. The molecule has 5 nitrogen and oxygen atoms in total. The number of hydrogen-bond acceptors (Lipinski definition) is 4. The average molecular weight is 283 g/mol. The van der Waals surface area contributed by atoms with Crippen LogP contribution in [0.4, 0.5) is 5.82 Å².